The average Bonchev–Trinajstić information content (AvgIpc) is 3.10. The largest absolute Gasteiger partial charge is 0.486 e. The van der Waals surface area contributed by atoms with Gasteiger partial charge in [-0.3, -0.25) is 9.59 Å². The third kappa shape index (κ3) is 3.61. The molecule has 3 aliphatic heterocycles. The van der Waals surface area contributed by atoms with Crippen LogP contribution in [0.5, 0.6) is 11.5 Å². The maximum Gasteiger partial charge on any atom is 0.233 e. The van der Waals surface area contributed by atoms with E-state index in [1.807, 2.05) is 0 Å². The Hall–Kier alpha value is -2.32. The van der Waals surface area contributed by atoms with E-state index in [0.29, 0.717) is 69.5 Å². The second-order valence-corrected chi connectivity index (χ2v) is 6.57. The minimum Gasteiger partial charge on any atom is -0.486 e. The molecule has 3 aliphatic rings. The first kappa shape index (κ1) is 17.1. The van der Waals surface area contributed by atoms with Crippen LogP contribution in [0.2, 0.25) is 0 Å². The van der Waals surface area contributed by atoms with E-state index >= 15 is 0 Å². The molecule has 3 heterocycles. The van der Waals surface area contributed by atoms with E-state index in [2.05, 4.69) is 5.32 Å². The van der Waals surface area contributed by atoms with E-state index < -0.39 is 5.79 Å². The van der Waals surface area contributed by atoms with Crippen LogP contribution in [0.1, 0.15) is 19.3 Å². The summed E-state index contributed by atoms with van der Waals surface area (Å²) in [6.45, 7) is 3.28. The highest BCUT2D eigenvalue weighted by Crippen LogP contribution is 2.33. The zero-order valence-electron chi connectivity index (χ0n) is 14.5. The molecule has 1 aromatic carbocycles. The second kappa shape index (κ2) is 7.13. The van der Waals surface area contributed by atoms with Gasteiger partial charge in [0.15, 0.2) is 17.3 Å². The van der Waals surface area contributed by atoms with Crippen LogP contribution in [0.3, 0.4) is 0 Å². The summed E-state index contributed by atoms with van der Waals surface area (Å²) >= 11 is 0. The van der Waals surface area contributed by atoms with Gasteiger partial charge >= 0.3 is 0 Å². The third-order valence-corrected chi connectivity index (χ3v) is 4.83. The molecule has 8 heteroatoms. The molecule has 2 fully saturated rings. The Labute approximate surface area is 151 Å². The van der Waals surface area contributed by atoms with Crippen LogP contribution in [0.15, 0.2) is 18.2 Å². The molecule has 2 saturated heterocycles. The van der Waals surface area contributed by atoms with Crippen LogP contribution < -0.4 is 14.8 Å². The van der Waals surface area contributed by atoms with Gasteiger partial charge < -0.3 is 29.2 Å². The number of piperidine rings is 1. The topological polar surface area (TPSA) is 86.3 Å². The molecule has 2 amide bonds. The van der Waals surface area contributed by atoms with Crippen molar-refractivity contribution >= 4 is 17.5 Å². The molecule has 140 valence electrons. The first-order valence-electron chi connectivity index (χ1n) is 8.89. The average molecular weight is 362 g/mol. The number of ether oxygens (including phenoxy) is 4. The molecule has 1 N–H and O–H groups in total. The quantitative estimate of drug-likeness (QED) is 0.812. The number of carbonyl (C=O) groups excluding carboxylic acids is 2. The van der Waals surface area contributed by atoms with Crippen molar-refractivity contribution < 1.29 is 28.5 Å². The summed E-state index contributed by atoms with van der Waals surface area (Å²) < 4.78 is 22.2. The summed E-state index contributed by atoms with van der Waals surface area (Å²) in [5, 5.41) is 2.74. The van der Waals surface area contributed by atoms with Crippen LogP contribution in [0, 0.1) is 0 Å². The summed E-state index contributed by atoms with van der Waals surface area (Å²) in [4.78, 5) is 26.3. The lowest BCUT2D eigenvalue weighted by molar-refractivity contribution is -0.187. The lowest BCUT2D eigenvalue weighted by atomic mass is 10.0. The molecular weight excluding hydrogens is 340 g/mol. The van der Waals surface area contributed by atoms with Gasteiger partial charge in [0.05, 0.1) is 13.2 Å². The smallest absolute Gasteiger partial charge is 0.233 e. The molecule has 26 heavy (non-hydrogen) atoms. The van der Waals surface area contributed by atoms with Crippen molar-refractivity contribution in [3.63, 3.8) is 0 Å². The monoisotopic (exact) mass is 362 g/mol. The van der Waals surface area contributed by atoms with Crippen molar-refractivity contribution in [3.05, 3.63) is 18.2 Å². The van der Waals surface area contributed by atoms with Gasteiger partial charge in [-0.2, -0.15) is 0 Å². The highest BCUT2D eigenvalue weighted by Gasteiger charge is 2.40. The Kier molecular flexibility index (Phi) is 4.69. The maximum absolute atomic E-state index is 12.4. The first-order valence-corrected chi connectivity index (χ1v) is 8.89. The van der Waals surface area contributed by atoms with Crippen molar-refractivity contribution in [2.45, 2.75) is 25.0 Å². The van der Waals surface area contributed by atoms with Gasteiger partial charge in [0.2, 0.25) is 11.8 Å². The molecule has 1 aromatic rings. The molecule has 0 atom stereocenters. The Bertz CT molecular complexity index is 691. The van der Waals surface area contributed by atoms with E-state index in [-0.39, 0.29) is 18.2 Å². The zero-order chi connectivity index (χ0) is 18.0. The van der Waals surface area contributed by atoms with E-state index in [1.54, 1.807) is 23.1 Å². The Morgan fingerprint density at radius 1 is 1.00 bits per heavy atom. The van der Waals surface area contributed by atoms with Gasteiger partial charge in [0.25, 0.3) is 0 Å². The zero-order valence-corrected chi connectivity index (χ0v) is 14.5. The van der Waals surface area contributed by atoms with Crippen LogP contribution >= 0.6 is 0 Å². The molecule has 0 aromatic heterocycles. The lowest BCUT2D eigenvalue weighted by Crippen LogP contribution is -2.47. The number of hydrogen-bond donors (Lipinski definition) is 1. The summed E-state index contributed by atoms with van der Waals surface area (Å²) in [5.41, 5.74) is 0.581. The molecule has 0 bridgehead atoms. The first-order chi connectivity index (χ1) is 12.6. The van der Waals surface area contributed by atoms with E-state index in [4.69, 9.17) is 18.9 Å². The van der Waals surface area contributed by atoms with Crippen molar-refractivity contribution in [3.8, 4) is 11.5 Å². The van der Waals surface area contributed by atoms with Crippen LogP contribution in [-0.2, 0) is 19.1 Å². The van der Waals surface area contributed by atoms with Gasteiger partial charge in [-0.1, -0.05) is 0 Å². The number of nitrogens with one attached hydrogen (secondary N) is 1. The van der Waals surface area contributed by atoms with Gasteiger partial charge in [0, 0.05) is 37.7 Å². The molecule has 0 saturated carbocycles. The normalized spacial score (nSPS) is 20.8. The molecular formula is C18H22N2O6. The van der Waals surface area contributed by atoms with Gasteiger partial charge in [0.1, 0.15) is 19.6 Å². The number of rotatable bonds is 3. The number of fused-ring (bicyclic) bond motifs is 1. The Morgan fingerprint density at radius 2 is 1.69 bits per heavy atom. The number of likely N-dealkylation sites (tertiary alicyclic amines) is 1. The number of hydrogen-bond acceptors (Lipinski definition) is 6. The number of benzene rings is 1. The predicted octanol–water partition coefficient (Wildman–Crippen LogP) is 1.15. The number of carbonyl (C=O) groups is 2. The highest BCUT2D eigenvalue weighted by atomic mass is 16.7. The minimum absolute atomic E-state index is 0.187. The fourth-order valence-electron chi connectivity index (χ4n) is 3.46. The second-order valence-electron chi connectivity index (χ2n) is 6.57. The summed E-state index contributed by atoms with van der Waals surface area (Å²) in [7, 11) is 0. The molecule has 0 unspecified atom stereocenters. The van der Waals surface area contributed by atoms with Gasteiger partial charge in [-0.25, -0.2) is 0 Å². The number of amides is 2. The van der Waals surface area contributed by atoms with Gasteiger partial charge in [-0.05, 0) is 12.1 Å². The van der Waals surface area contributed by atoms with Crippen molar-refractivity contribution in [1.29, 1.82) is 0 Å². The third-order valence-electron chi connectivity index (χ3n) is 4.83. The van der Waals surface area contributed by atoms with E-state index in [9.17, 15) is 9.59 Å². The SMILES string of the molecule is O=C(CC(=O)N1CCC2(CC1)OCCO2)Nc1ccc2c(c1)OCCO2. The predicted molar refractivity (Wildman–Crippen MR) is 91.1 cm³/mol. The van der Waals surface area contributed by atoms with Gasteiger partial charge in [-0.15, -0.1) is 0 Å². The fourth-order valence-corrected chi connectivity index (χ4v) is 3.46. The number of nitrogens with zero attached hydrogens (tertiary/aromatic N) is 1. The number of anilines is 1. The van der Waals surface area contributed by atoms with Crippen molar-refractivity contribution in [1.82, 2.24) is 4.90 Å². The molecule has 0 aliphatic carbocycles. The van der Waals surface area contributed by atoms with E-state index in [0.717, 1.165) is 0 Å². The molecule has 0 radical (unpaired) electrons. The minimum atomic E-state index is -0.524. The molecule has 8 nitrogen and oxygen atoms in total. The molecule has 1 spiro atoms. The fraction of sp³-hybridized carbons (Fsp3) is 0.556. The van der Waals surface area contributed by atoms with Crippen LogP contribution in [0.25, 0.3) is 0 Å². The summed E-state index contributed by atoms with van der Waals surface area (Å²) in [6.07, 6.45) is 1.09. The van der Waals surface area contributed by atoms with Crippen molar-refractivity contribution in [2.24, 2.45) is 0 Å². The lowest BCUT2D eigenvalue weighted by Gasteiger charge is -2.37. The Balaban J connectivity index is 1.28. The highest BCUT2D eigenvalue weighted by molar-refractivity contribution is 6.03. The van der Waals surface area contributed by atoms with Crippen LogP contribution in [-0.4, -0.2) is 62.0 Å². The summed E-state index contributed by atoms with van der Waals surface area (Å²) in [6, 6.07) is 5.18. The standard InChI is InChI=1S/C18H22N2O6/c21-16(19-13-1-2-14-15(11-13)24-8-7-23-14)12-17(22)20-5-3-18(4-6-20)25-9-10-26-18/h1-2,11H,3-10,12H2,(H,19,21). The van der Waals surface area contributed by atoms with Crippen molar-refractivity contribution in [2.75, 3.05) is 44.8 Å². The van der Waals surface area contributed by atoms with Crippen LogP contribution in [0.4, 0.5) is 5.69 Å². The van der Waals surface area contributed by atoms with E-state index in [1.165, 1.54) is 0 Å². The maximum atomic E-state index is 12.4. The summed E-state index contributed by atoms with van der Waals surface area (Å²) in [5.74, 6) is 0.194. The Morgan fingerprint density at radius 3 is 2.42 bits per heavy atom. The molecule has 4 rings (SSSR count).